The molecule has 6 rings (SSSR count). The number of thioether (sulfide) groups is 1. The number of hydrogen-bond donors (Lipinski definition) is 1. The lowest BCUT2D eigenvalue weighted by molar-refractivity contribution is -0.146. The lowest BCUT2D eigenvalue weighted by atomic mass is 9.49. The zero-order chi connectivity index (χ0) is 20.7. The second-order valence-electron chi connectivity index (χ2n) is 9.69. The Balaban J connectivity index is 1.25. The Hall–Kier alpha value is -1.82. The molecule has 1 N–H and O–H groups in total. The van der Waals surface area contributed by atoms with E-state index < -0.39 is 0 Å². The van der Waals surface area contributed by atoms with Crippen LogP contribution in [-0.4, -0.2) is 20.7 Å². The first-order valence-electron chi connectivity index (χ1n) is 11.5. The summed E-state index contributed by atoms with van der Waals surface area (Å²) in [4.78, 5) is 13.3. The molecular weight excluding hydrogens is 392 g/mol. The molecule has 0 radical (unpaired) electrons. The number of nitrogens with zero attached hydrogens (tertiary/aromatic N) is 3. The molecule has 1 aromatic carbocycles. The fourth-order valence-corrected chi connectivity index (χ4v) is 7.60. The zero-order valence-electron chi connectivity index (χ0n) is 18.0. The minimum atomic E-state index is -0.106. The summed E-state index contributed by atoms with van der Waals surface area (Å²) in [5.74, 6) is 3.47. The number of nitrogens with one attached hydrogen (secondary N) is 1. The second-order valence-corrected chi connectivity index (χ2v) is 11.0. The van der Waals surface area contributed by atoms with Gasteiger partial charge in [-0.1, -0.05) is 42.1 Å². The van der Waals surface area contributed by atoms with Gasteiger partial charge < -0.3 is 9.88 Å². The van der Waals surface area contributed by atoms with E-state index in [1.54, 1.807) is 11.8 Å². The average Bonchev–Trinajstić information content (AvgIpc) is 3.13. The van der Waals surface area contributed by atoms with Gasteiger partial charge in [0.25, 0.3) is 0 Å². The van der Waals surface area contributed by atoms with Crippen LogP contribution in [0.25, 0.3) is 0 Å². The van der Waals surface area contributed by atoms with E-state index in [4.69, 9.17) is 0 Å². The van der Waals surface area contributed by atoms with E-state index in [2.05, 4.69) is 58.2 Å². The smallest absolute Gasteiger partial charge is 0.226 e. The maximum atomic E-state index is 13.3. The van der Waals surface area contributed by atoms with Crippen LogP contribution in [0.3, 0.4) is 0 Å². The van der Waals surface area contributed by atoms with Gasteiger partial charge in [0.15, 0.2) is 11.0 Å². The van der Waals surface area contributed by atoms with Crippen LogP contribution >= 0.6 is 11.8 Å². The van der Waals surface area contributed by atoms with Crippen molar-refractivity contribution in [3.63, 3.8) is 0 Å². The van der Waals surface area contributed by atoms with Crippen LogP contribution in [0.1, 0.15) is 69.0 Å². The quantitative estimate of drug-likeness (QED) is 0.637. The molecule has 0 aliphatic heterocycles. The Bertz CT molecular complexity index is 874. The van der Waals surface area contributed by atoms with Gasteiger partial charge in [0.2, 0.25) is 5.91 Å². The maximum Gasteiger partial charge on any atom is 0.226 e. The standard InChI is InChI=1S/C24H32N4OS/c1-3-28-21(26-27-23(28)30-16(2)20-7-5-4-6-8-20)15-25-22(29)24-12-17-9-18(13-24)11-19(10-17)14-24/h4-8,16-19H,3,9-15H2,1-2H3,(H,25,29). The fourth-order valence-electron chi connectivity index (χ4n) is 6.54. The van der Waals surface area contributed by atoms with E-state index in [1.165, 1.54) is 24.8 Å². The molecule has 30 heavy (non-hydrogen) atoms. The van der Waals surface area contributed by atoms with Crippen molar-refractivity contribution < 1.29 is 4.79 Å². The first-order valence-corrected chi connectivity index (χ1v) is 12.4. The van der Waals surface area contributed by atoms with Gasteiger partial charge in [-0.05, 0) is 75.7 Å². The molecular formula is C24H32N4OS. The van der Waals surface area contributed by atoms with E-state index in [-0.39, 0.29) is 11.3 Å². The molecule has 4 aliphatic carbocycles. The normalized spacial score (nSPS) is 30.4. The highest BCUT2D eigenvalue weighted by atomic mass is 32.2. The number of aromatic nitrogens is 3. The van der Waals surface area contributed by atoms with Crippen LogP contribution in [0.4, 0.5) is 0 Å². The van der Waals surface area contributed by atoms with Crippen molar-refractivity contribution in [1.82, 2.24) is 20.1 Å². The Morgan fingerprint density at radius 3 is 2.37 bits per heavy atom. The van der Waals surface area contributed by atoms with E-state index in [1.807, 2.05) is 6.07 Å². The van der Waals surface area contributed by atoms with E-state index in [0.717, 1.165) is 54.5 Å². The van der Waals surface area contributed by atoms with Crippen molar-refractivity contribution >= 4 is 17.7 Å². The van der Waals surface area contributed by atoms with E-state index in [9.17, 15) is 4.79 Å². The van der Waals surface area contributed by atoms with Gasteiger partial charge in [-0.3, -0.25) is 4.79 Å². The minimum Gasteiger partial charge on any atom is -0.348 e. The van der Waals surface area contributed by atoms with Gasteiger partial charge in [-0.25, -0.2) is 0 Å². The lowest BCUT2D eigenvalue weighted by Gasteiger charge is -2.55. The molecule has 2 aromatic rings. The molecule has 0 spiro atoms. The molecule has 4 saturated carbocycles. The Labute approximate surface area is 183 Å². The molecule has 1 heterocycles. The fraction of sp³-hybridized carbons (Fsp3) is 0.625. The summed E-state index contributed by atoms with van der Waals surface area (Å²) in [7, 11) is 0. The molecule has 4 fully saturated rings. The molecule has 160 valence electrons. The SMILES string of the molecule is CCn1c(CNC(=O)C23CC4CC(CC(C4)C2)C3)nnc1SC(C)c1ccccc1. The third-order valence-electron chi connectivity index (χ3n) is 7.59. The third kappa shape index (κ3) is 3.68. The van der Waals surface area contributed by atoms with Crippen LogP contribution in [0.5, 0.6) is 0 Å². The van der Waals surface area contributed by atoms with Crippen LogP contribution in [-0.2, 0) is 17.9 Å². The van der Waals surface area contributed by atoms with Crippen LogP contribution in [0.15, 0.2) is 35.5 Å². The average molecular weight is 425 g/mol. The molecule has 1 unspecified atom stereocenters. The molecule has 4 bridgehead atoms. The van der Waals surface area contributed by atoms with Gasteiger partial charge in [-0.15, -0.1) is 10.2 Å². The summed E-state index contributed by atoms with van der Waals surface area (Å²) < 4.78 is 2.14. The largest absolute Gasteiger partial charge is 0.348 e. The predicted molar refractivity (Wildman–Crippen MR) is 119 cm³/mol. The topological polar surface area (TPSA) is 59.8 Å². The summed E-state index contributed by atoms with van der Waals surface area (Å²) in [5.41, 5.74) is 1.18. The summed E-state index contributed by atoms with van der Waals surface area (Å²) in [6.45, 7) is 5.59. The number of carbonyl (C=O) groups excluding carboxylic acids is 1. The Morgan fingerprint density at radius 1 is 1.13 bits per heavy atom. The molecule has 1 aromatic heterocycles. The molecule has 4 aliphatic rings. The number of hydrogen-bond acceptors (Lipinski definition) is 4. The number of amides is 1. The van der Waals surface area contributed by atoms with E-state index in [0.29, 0.717) is 11.8 Å². The van der Waals surface area contributed by atoms with Crippen molar-refractivity contribution in [2.24, 2.45) is 23.2 Å². The summed E-state index contributed by atoms with van der Waals surface area (Å²) in [6.07, 6.45) is 7.37. The van der Waals surface area contributed by atoms with E-state index >= 15 is 0 Å². The maximum absolute atomic E-state index is 13.3. The summed E-state index contributed by atoms with van der Waals surface area (Å²) in [6, 6.07) is 10.5. The van der Waals surface area contributed by atoms with Crippen LogP contribution < -0.4 is 5.32 Å². The highest BCUT2D eigenvalue weighted by Gasteiger charge is 2.54. The first kappa shape index (κ1) is 20.1. The summed E-state index contributed by atoms with van der Waals surface area (Å²) in [5, 5.41) is 13.4. The monoisotopic (exact) mass is 424 g/mol. The molecule has 6 heteroatoms. The summed E-state index contributed by atoms with van der Waals surface area (Å²) >= 11 is 1.73. The van der Waals surface area contributed by atoms with Gasteiger partial charge in [0.05, 0.1) is 6.54 Å². The number of rotatable bonds is 7. The number of benzene rings is 1. The highest BCUT2D eigenvalue weighted by Crippen LogP contribution is 2.60. The second kappa shape index (κ2) is 8.03. The van der Waals surface area contributed by atoms with Crippen molar-refractivity contribution in [1.29, 1.82) is 0 Å². The van der Waals surface area contributed by atoms with Gasteiger partial charge in [0, 0.05) is 17.2 Å². The molecule has 0 saturated heterocycles. The molecule has 1 atom stereocenters. The Morgan fingerprint density at radius 2 is 1.77 bits per heavy atom. The number of carbonyl (C=O) groups is 1. The zero-order valence-corrected chi connectivity index (χ0v) is 18.8. The molecule has 1 amide bonds. The van der Waals surface area contributed by atoms with Crippen molar-refractivity contribution in [3.05, 3.63) is 41.7 Å². The minimum absolute atomic E-state index is 0.106. The highest BCUT2D eigenvalue weighted by molar-refractivity contribution is 7.99. The van der Waals surface area contributed by atoms with Crippen molar-refractivity contribution in [3.8, 4) is 0 Å². The van der Waals surface area contributed by atoms with Crippen molar-refractivity contribution in [2.45, 2.75) is 75.9 Å². The Kier molecular flexibility index (Phi) is 5.38. The van der Waals surface area contributed by atoms with Crippen LogP contribution in [0, 0.1) is 23.2 Å². The predicted octanol–water partition coefficient (Wildman–Crippen LogP) is 4.98. The molecule has 5 nitrogen and oxygen atoms in total. The van der Waals surface area contributed by atoms with Crippen molar-refractivity contribution in [2.75, 3.05) is 0 Å². The third-order valence-corrected chi connectivity index (χ3v) is 8.73. The van der Waals surface area contributed by atoms with Gasteiger partial charge >= 0.3 is 0 Å². The van der Waals surface area contributed by atoms with Crippen LogP contribution in [0.2, 0.25) is 0 Å². The first-order chi connectivity index (χ1) is 14.6. The lowest BCUT2D eigenvalue weighted by Crippen LogP contribution is -2.53. The van der Waals surface area contributed by atoms with Gasteiger partial charge in [-0.2, -0.15) is 0 Å². The van der Waals surface area contributed by atoms with Gasteiger partial charge in [0.1, 0.15) is 0 Å².